The third kappa shape index (κ3) is 4.00. The molecule has 0 radical (unpaired) electrons. The SMILES string of the molecule is CC(C)(C)[C@@H]1Cn2nc(-c3cccc(OC(F)(F)F)c3)cc2-c2cc(=O)c(C(=O)O)cn21. The van der Waals surface area contributed by atoms with Gasteiger partial charge in [-0.3, -0.25) is 9.48 Å². The lowest BCUT2D eigenvalue weighted by atomic mass is 9.85. The van der Waals surface area contributed by atoms with Gasteiger partial charge in [0.25, 0.3) is 0 Å². The molecule has 1 N–H and O–H groups in total. The van der Waals surface area contributed by atoms with Crippen molar-refractivity contribution in [2.45, 2.75) is 39.7 Å². The van der Waals surface area contributed by atoms with Crippen molar-refractivity contribution in [1.29, 1.82) is 0 Å². The number of rotatable bonds is 3. The van der Waals surface area contributed by atoms with Gasteiger partial charge in [0.2, 0.25) is 0 Å². The van der Waals surface area contributed by atoms with Crippen molar-refractivity contribution in [3.63, 3.8) is 0 Å². The minimum Gasteiger partial charge on any atom is -0.477 e. The van der Waals surface area contributed by atoms with E-state index in [1.165, 1.54) is 30.5 Å². The second kappa shape index (κ2) is 7.25. The Balaban J connectivity index is 1.85. The number of aromatic carboxylic acids is 1. The van der Waals surface area contributed by atoms with Crippen LogP contribution in [0.4, 0.5) is 13.2 Å². The van der Waals surface area contributed by atoms with E-state index in [9.17, 15) is 27.9 Å². The molecule has 0 saturated carbocycles. The lowest BCUT2D eigenvalue weighted by Gasteiger charge is -2.38. The van der Waals surface area contributed by atoms with Crippen molar-refractivity contribution in [3.8, 4) is 28.4 Å². The third-order valence-corrected chi connectivity index (χ3v) is 5.40. The van der Waals surface area contributed by atoms with E-state index in [2.05, 4.69) is 9.84 Å². The molecule has 1 aliphatic heterocycles. The van der Waals surface area contributed by atoms with Gasteiger partial charge in [-0.05, 0) is 23.6 Å². The molecule has 0 unspecified atom stereocenters. The molecule has 4 rings (SSSR count). The van der Waals surface area contributed by atoms with Gasteiger partial charge < -0.3 is 14.4 Å². The van der Waals surface area contributed by atoms with Crippen LogP contribution in [-0.4, -0.2) is 31.8 Å². The third-order valence-electron chi connectivity index (χ3n) is 5.40. The first-order valence-electron chi connectivity index (χ1n) is 9.77. The molecule has 1 aromatic carbocycles. The molecule has 0 amide bonds. The molecule has 0 bridgehead atoms. The Hall–Kier alpha value is -3.56. The van der Waals surface area contributed by atoms with Crippen LogP contribution in [0.15, 0.2) is 47.4 Å². The molecule has 168 valence electrons. The van der Waals surface area contributed by atoms with E-state index in [1.54, 1.807) is 21.4 Å². The van der Waals surface area contributed by atoms with Gasteiger partial charge >= 0.3 is 12.3 Å². The quantitative estimate of drug-likeness (QED) is 0.635. The van der Waals surface area contributed by atoms with Gasteiger partial charge in [0.05, 0.1) is 29.7 Å². The first kappa shape index (κ1) is 21.7. The van der Waals surface area contributed by atoms with E-state index in [0.29, 0.717) is 29.2 Å². The Morgan fingerprint density at radius 1 is 1.16 bits per heavy atom. The van der Waals surface area contributed by atoms with Gasteiger partial charge in [0.1, 0.15) is 11.3 Å². The number of aromatic nitrogens is 3. The van der Waals surface area contributed by atoms with Crippen molar-refractivity contribution in [3.05, 3.63) is 58.4 Å². The van der Waals surface area contributed by atoms with Crippen LogP contribution in [0.3, 0.4) is 0 Å². The molecule has 32 heavy (non-hydrogen) atoms. The Morgan fingerprint density at radius 2 is 1.88 bits per heavy atom. The van der Waals surface area contributed by atoms with Crippen LogP contribution in [0.2, 0.25) is 0 Å². The predicted molar refractivity (Wildman–Crippen MR) is 109 cm³/mol. The summed E-state index contributed by atoms with van der Waals surface area (Å²) in [6.45, 7) is 6.38. The fourth-order valence-electron chi connectivity index (χ4n) is 3.87. The summed E-state index contributed by atoms with van der Waals surface area (Å²) >= 11 is 0. The van der Waals surface area contributed by atoms with E-state index in [1.807, 2.05) is 20.8 Å². The molecule has 0 aliphatic carbocycles. The smallest absolute Gasteiger partial charge is 0.477 e. The normalized spacial score (nSPS) is 15.8. The highest BCUT2D eigenvalue weighted by molar-refractivity contribution is 5.87. The summed E-state index contributed by atoms with van der Waals surface area (Å²) in [6.07, 6.45) is -3.46. The van der Waals surface area contributed by atoms with E-state index < -0.39 is 17.8 Å². The number of carbonyl (C=O) groups is 1. The number of benzene rings is 1. The number of hydrogen-bond acceptors (Lipinski definition) is 4. The molecule has 1 aliphatic rings. The number of fused-ring (bicyclic) bond motifs is 3. The van der Waals surface area contributed by atoms with Crippen molar-refractivity contribution in [1.82, 2.24) is 14.3 Å². The molecule has 0 spiro atoms. The van der Waals surface area contributed by atoms with Crippen LogP contribution in [0.5, 0.6) is 5.75 Å². The van der Waals surface area contributed by atoms with Crippen LogP contribution in [-0.2, 0) is 6.54 Å². The van der Waals surface area contributed by atoms with Crippen LogP contribution < -0.4 is 10.2 Å². The second-order valence-electron chi connectivity index (χ2n) is 8.70. The summed E-state index contributed by atoms with van der Waals surface area (Å²) in [6, 6.07) is 8.20. The molecule has 0 fully saturated rings. The fraction of sp³-hybridized carbons (Fsp3) is 0.318. The van der Waals surface area contributed by atoms with E-state index in [4.69, 9.17) is 0 Å². The average Bonchev–Trinajstić information content (AvgIpc) is 3.09. The number of pyridine rings is 1. The number of hydrogen-bond donors (Lipinski definition) is 1. The number of ether oxygens (including phenoxy) is 1. The van der Waals surface area contributed by atoms with Crippen LogP contribution in [0.25, 0.3) is 22.6 Å². The maximum absolute atomic E-state index is 12.6. The monoisotopic (exact) mass is 447 g/mol. The zero-order chi connectivity index (χ0) is 23.4. The molecule has 0 saturated heterocycles. The molecule has 1 atom stereocenters. The Morgan fingerprint density at radius 3 is 2.50 bits per heavy atom. The van der Waals surface area contributed by atoms with Crippen molar-refractivity contribution in [2.24, 2.45) is 5.41 Å². The minimum atomic E-state index is -4.81. The zero-order valence-electron chi connectivity index (χ0n) is 17.5. The van der Waals surface area contributed by atoms with Gasteiger partial charge in [0, 0.05) is 17.8 Å². The molecule has 7 nitrogen and oxygen atoms in total. The molecule has 3 heterocycles. The zero-order valence-corrected chi connectivity index (χ0v) is 17.5. The Kier molecular flexibility index (Phi) is 4.91. The molecule has 2 aromatic heterocycles. The molecule has 10 heteroatoms. The van der Waals surface area contributed by atoms with Gasteiger partial charge in [0.15, 0.2) is 5.43 Å². The van der Waals surface area contributed by atoms with Crippen LogP contribution in [0.1, 0.15) is 37.2 Å². The largest absolute Gasteiger partial charge is 0.573 e. The first-order valence-corrected chi connectivity index (χ1v) is 9.77. The highest BCUT2D eigenvalue weighted by atomic mass is 19.4. The number of carboxylic acids is 1. The van der Waals surface area contributed by atoms with Crippen molar-refractivity contribution < 1.29 is 27.8 Å². The van der Waals surface area contributed by atoms with E-state index in [-0.39, 0.29) is 22.8 Å². The van der Waals surface area contributed by atoms with Crippen LogP contribution in [0, 0.1) is 5.41 Å². The topological polar surface area (TPSA) is 86.3 Å². The van der Waals surface area contributed by atoms with Gasteiger partial charge in [-0.15, -0.1) is 13.2 Å². The van der Waals surface area contributed by atoms with Gasteiger partial charge in [-0.25, -0.2) is 4.79 Å². The van der Waals surface area contributed by atoms with Gasteiger partial charge in [-0.1, -0.05) is 32.9 Å². The van der Waals surface area contributed by atoms with Crippen LogP contribution >= 0.6 is 0 Å². The number of alkyl halides is 3. The summed E-state index contributed by atoms with van der Waals surface area (Å²) in [5.41, 5.74) is 0.621. The maximum atomic E-state index is 12.6. The summed E-state index contributed by atoms with van der Waals surface area (Å²) < 4.78 is 45.2. The minimum absolute atomic E-state index is 0.212. The van der Waals surface area contributed by atoms with Crippen molar-refractivity contribution >= 4 is 5.97 Å². The lowest BCUT2D eigenvalue weighted by Crippen LogP contribution is -2.35. The Labute approximate surface area is 180 Å². The van der Waals surface area contributed by atoms with E-state index >= 15 is 0 Å². The molecule has 3 aromatic rings. The summed E-state index contributed by atoms with van der Waals surface area (Å²) in [7, 11) is 0. The predicted octanol–water partition coefficient (Wildman–Crippen LogP) is 4.58. The standard InChI is InChI=1S/C22H20F3N3O4/c1-21(2,3)19-11-28-17(16-9-18(29)14(20(30)31)10-27(16)19)8-15(26-28)12-5-4-6-13(7-12)32-22(23,24)25/h4-10,19H,11H2,1-3H3,(H,30,31)/t19-/m0/s1. The van der Waals surface area contributed by atoms with Gasteiger partial charge in [-0.2, -0.15) is 5.10 Å². The maximum Gasteiger partial charge on any atom is 0.573 e. The summed E-state index contributed by atoms with van der Waals surface area (Å²) in [5.74, 6) is -1.67. The molecular formula is C22H20F3N3O4. The van der Waals surface area contributed by atoms with Crippen molar-refractivity contribution in [2.75, 3.05) is 0 Å². The first-order chi connectivity index (χ1) is 14.8. The summed E-state index contributed by atoms with van der Waals surface area (Å²) in [5, 5.41) is 13.9. The molecular weight excluding hydrogens is 427 g/mol. The lowest BCUT2D eigenvalue weighted by molar-refractivity contribution is -0.274. The Bertz CT molecular complexity index is 1270. The number of carboxylic acid groups (broad SMARTS) is 1. The second-order valence-corrected chi connectivity index (χ2v) is 8.70. The highest BCUT2D eigenvalue weighted by Gasteiger charge is 2.35. The average molecular weight is 447 g/mol. The highest BCUT2D eigenvalue weighted by Crippen LogP contribution is 2.40. The number of halogens is 3. The summed E-state index contributed by atoms with van der Waals surface area (Å²) in [4.78, 5) is 23.9. The number of nitrogens with zero attached hydrogens (tertiary/aromatic N) is 3. The fourth-order valence-corrected chi connectivity index (χ4v) is 3.87. The van der Waals surface area contributed by atoms with E-state index in [0.717, 1.165) is 0 Å².